The lowest BCUT2D eigenvalue weighted by Crippen LogP contribution is -2.27. The predicted molar refractivity (Wildman–Crippen MR) is 117 cm³/mol. The van der Waals surface area contributed by atoms with Gasteiger partial charge in [-0.15, -0.1) is 0 Å². The summed E-state index contributed by atoms with van der Waals surface area (Å²) in [7, 11) is -1.80. The molecule has 1 amide bonds. The molecule has 7 nitrogen and oxygen atoms in total. The van der Waals surface area contributed by atoms with Gasteiger partial charge in [0.25, 0.3) is 0 Å². The highest BCUT2D eigenvalue weighted by molar-refractivity contribution is 7.89. The highest BCUT2D eigenvalue weighted by Crippen LogP contribution is 2.28. The molecule has 1 aliphatic heterocycles. The number of halogens is 1. The molecule has 0 aliphatic carbocycles. The number of aliphatic imine (C=N–C) groups is 1. The summed E-state index contributed by atoms with van der Waals surface area (Å²) in [6.45, 7) is 0.146. The van der Waals surface area contributed by atoms with Crippen LogP contribution in [0.15, 0.2) is 82.9 Å². The molecule has 0 spiro atoms. The molecule has 0 fully saturated rings. The molecule has 2 aromatic carbocycles. The van der Waals surface area contributed by atoms with E-state index in [4.69, 9.17) is 16.7 Å². The summed E-state index contributed by atoms with van der Waals surface area (Å²) in [5.41, 5.74) is 3.51. The molecule has 0 saturated heterocycles. The molecule has 154 valence electrons. The highest BCUT2D eigenvalue weighted by atomic mass is 35.5. The van der Waals surface area contributed by atoms with E-state index in [-0.39, 0.29) is 17.3 Å². The summed E-state index contributed by atoms with van der Waals surface area (Å²) in [5, 5.41) is 5.42. The smallest absolute Gasteiger partial charge is 0.248 e. The number of primary sulfonamides is 1. The van der Waals surface area contributed by atoms with Crippen LogP contribution in [0, 0.1) is 0 Å². The summed E-state index contributed by atoms with van der Waals surface area (Å²) in [6, 6.07) is 18.3. The standard InChI is InChI=1S/C16H13ClN2O.C5H6N2O2S/c1-19-14-8-7-12(17)9-13(14)16(18-10-15(19)20)11-5-3-2-4-6-11;6-10(8,9)5-2-1-3-7-4-5/h2-9H,10H2,1H3;1-4H,(H2,6,8,9). The molecule has 0 unspecified atom stereocenters. The number of anilines is 1. The first-order valence-corrected chi connectivity index (χ1v) is 10.8. The number of nitrogens with zero attached hydrogens (tertiary/aromatic N) is 3. The van der Waals surface area contributed by atoms with Crippen molar-refractivity contribution < 1.29 is 13.2 Å². The molecule has 2 heterocycles. The number of carbonyl (C=O) groups is 1. The van der Waals surface area contributed by atoms with E-state index in [1.807, 2.05) is 42.5 Å². The number of benzene rings is 2. The molecule has 0 saturated carbocycles. The first kappa shape index (κ1) is 21.6. The van der Waals surface area contributed by atoms with Crippen LogP contribution in [0.25, 0.3) is 0 Å². The van der Waals surface area contributed by atoms with Crippen molar-refractivity contribution in [1.82, 2.24) is 4.98 Å². The van der Waals surface area contributed by atoms with Gasteiger partial charge in [-0.1, -0.05) is 41.9 Å². The SMILES string of the molecule is CN1C(=O)CN=C(c2ccccc2)c2cc(Cl)ccc21.NS(=O)(=O)c1cccnc1. The summed E-state index contributed by atoms with van der Waals surface area (Å²) < 4.78 is 21.1. The Bertz CT molecular complexity index is 1180. The zero-order valence-electron chi connectivity index (χ0n) is 16.1. The number of fused-ring (bicyclic) bond motifs is 1. The predicted octanol–water partition coefficient (Wildman–Crippen LogP) is 2.88. The van der Waals surface area contributed by atoms with E-state index < -0.39 is 10.0 Å². The number of nitrogens with two attached hydrogens (primary N) is 1. The van der Waals surface area contributed by atoms with Crippen molar-refractivity contribution in [2.75, 3.05) is 18.5 Å². The van der Waals surface area contributed by atoms with Crippen LogP contribution in [-0.4, -0.2) is 38.6 Å². The van der Waals surface area contributed by atoms with Crippen molar-refractivity contribution in [2.45, 2.75) is 4.90 Å². The van der Waals surface area contributed by atoms with Gasteiger partial charge in [-0.25, -0.2) is 13.6 Å². The average molecular weight is 443 g/mol. The zero-order valence-corrected chi connectivity index (χ0v) is 17.6. The van der Waals surface area contributed by atoms with E-state index in [2.05, 4.69) is 9.98 Å². The molecule has 0 bridgehead atoms. The van der Waals surface area contributed by atoms with E-state index in [0.29, 0.717) is 5.02 Å². The van der Waals surface area contributed by atoms with Crippen LogP contribution < -0.4 is 10.0 Å². The van der Waals surface area contributed by atoms with Crippen LogP contribution in [0.5, 0.6) is 0 Å². The van der Waals surface area contributed by atoms with Crippen molar-refractivity contribution in [3.05, 3.63) is 89.2 Å². The highest BCUT2D eigenvalue weighted by Gasteiger charge is 2.22. The van der Waals surface area contributed by atoms with Crippen LogP contribution in [0.2, 0.25) is 5.02 Å². The fourth-order valence-corrected chi connectivity index (χ4v) is 3.47. The number of benzodiazepines with no additional fused rings is 1. The Hall–Kier alpha value is -3.07. The Kier molecular flexibility index (Phi) is 6.61. The third-order valence-electron chi connectivity index (χ3n) is 4.33. The molecular formula is C21H19ClN4O3S. The van der Waals surface area contributed by atoms with Crippen LogP contribution in [0.3, 0.4) is 0 Å². The monoisotopic (exact) mass is 442 g/mol. The van der Waals surface area contributed by atoms with E-state index in [9.17, 15) is 13.2 Å². The maximum atomic E-state index is 12.0. The Balaban J connectivity index is 0.000000216. The summed E-state index contributed by atoms with van der Waals surface area (Å²) >= 11 is 6.11. The molecule has 1 aromatic heterocycles. The molecule has 0 radical (unpaired) electrons. The summed E-state index contributed by atoms with van der Waals surface area (Å²) in [6.07, 6.45) is 2.68. The van der Waals surface area contributed by atoms with E-state index in [1.54, 1.807) is 18.0 Å². The zero-order chi connectivity index (χ0) is 21.7. The second-order valence-electron chi connectivity index (χ2n) is 6.38. The third-order valence-corrected chi connectivity index (χ3v) is 5.47. The first-order chi connectivity index (χ1) is 14.3. The maximum Gasteiger partial charge on any atom is 0.248 e. The molecular weight excluding hydrogens is 424 g/mol. The van der Waals surface area contributed by atoms with Crippen molar-refractivity contribution in [3.8, 4) is 0 Å². The van der Waals surface area contributed by atoms with Gasteiger partial charge in [0.1, 0.15) is 11.4 Å². The molecule has 0 atom stereocenters. The van der Waals surface area contributed by atoms with Crippen molar-refractivity contribution in [2.24, 2.45) is 10.1 Å². The number of likely N-dealkylation sites (N-methyl/N-ethyl adjacent to an activating group) is 1. The summed E-state index contributed by atoms with van der Waals surface area (Å²) in [5.74, 6) is -0.0282. The number of amides is 1. The number of hydrogen-bond acceptors (Lipinski definition) is 5. The van der Waals surface area contributed by atoms with Gasteiger partial charge in [0.2, 0.25) is 15.9 Å². The lowest BCUT2D eigenvalue weighted by atomic mass is 10.0. The first-order valence-electron chi connectivity index (χ1n) is 8.86. The van der Waals surface area contributed by atoms with Gasteiger partial charge in [-0.3, -0.25) is 14.8 Å². The average Bonchev–Trinajstić information content (AvgIpc) is 2.86. The minimum absolute atomic E-state index is 0.0282. The third kappa shape index (κ3) is 5.10. The van der Waals surface area contributed by atoms with Gasteiger partial charge in [0, 0.05) is 35.6 Å². The normalized spacial score (nSPS) is 13.5. The second kappa shape index (κ2) is 9.17. The fourth-order valence-electron chi connectivity index (χ4n) is 2.82. The topological polar surface area (TPSA) is 106 Å². The van der Waals surface area contributed by atoms with E-state index in [1.165, 1.54) is 24.5 Å². The Labute approximate surface area is 179 Å². The number of sulfonamides is 1. The molecule has 30 heavy (non-hydrogen) atoms. The molecule has 3 aromatic rings. The van der Waals surface area contributed by atoms with Crippen LogP contribution >= 0.6 is 11.6 Å². The second-order valence-corrected chi connectivity index (χ2v) is 8.38. The van der Waals surface area contributed by atoms with Gasteiger partial charge in [0.05, 0.1) is 11.4 Å². The van der Waals surface area contributed by atoms with Gasteiger partial charge >= 0.3 is 0 Å². The number of carbonyl (C=O) groups excluding carboxylic acids is 1. The molecule has 2 N–H and O–H groups in total. The minimum Gasteiger partial charge on any atom is -0.313 e. The van der Waals surface area contributed by atoms with Crippen LogP contribution in [0.4, 0.5) is 5.69 Å². The number of pyridine rings is 1. The lowest BCUT2D eigenvalue weighted by Gasteiger charge is -2.18. The largest absolute Gasteiger partial charge is 0.313 e. The van der Waals surface area contributed by atoms with Crippen molar-refractivity contribution in [3.63, 3.8) is 0 Å². The fraction of sp³-hybridized carbons (Fsp3) is 0.0952. The van der Waals surface area contributed by atoms with Gasteiger partial charge in [-0.2, -0.15) is 0 Å². The van der Waals surface area contributed by atoms with Crippen molar-refractivity contribution >= 4 is 38.9 Å². The number of hydrogen-bond donors (Lipinski definition) is 1. The Morgan fingerprint density at radius 1 is 1.07 bits per heavy atom. The van der Waals surface area contributed by atoms with E-state index in [0.717, 1.165) is 22.5 Å². The van der Waals surface area contributed by atoms with Gasteiger partial charge in [0.15, 0.2) is 0 Å². The Morgan fingerprint density at radius 3 is 2.40 bits per heavy atom. The van der Waals surface area contributed by atoms with Gasteiger partial charge < -0.3 is 4.90 Å². The van der Waals surface area contributed by atoms with E-state index >= 15 is 0 Å². The quantitative estimate of drug-likeness (QED) is 0.658. The van der Waals surface area contributed by atoms with Gasteiger partial charge in [-0.05, 0) is 30.3 Å². The Morgan fingerprint density at radius 2 is 1.80 bits per heavy atom. The molecule has 1 aliphatic rings. The summed E-state index contributed by atoms with van der Waals surface area (Å²) in [4.78, 5) is 21.8. The van der Waals surface area contributed by atoms with Crippen LogP contribution in [0.1, 0.15) is 11.1 Å². The van der Waals surface area contributed by atoms with Crippen LogP contribution in [-0.2, 0) is 14.8 Å². The number of aromatic nitrogens is 1. The molecule has 9 heteroatoms. The molecule has 4 rings (SSSR count). The number of rotatable bonds is 2. The van der Waals surface area contributed by atoms with Crippen molar-refractivity contribution in [1.29, 1.82) is 0 Å². The lowest BCUT2D eigenvalue weighted by molar-refractivity contribution is -0.116. The maximum absolute atomic E-state index is 12.0. The minimum atomic E-state index is -3.57.